The van der Waals surface area contributed by atoms with Gasteiger partial charge < -0.3 is 14.7 Å². The predicted molar refractivity (Wildman–Crippen MR) is 69.5 cm³/mol. The minimum absolute atomic E-state index is 0.0580. The van der Waals surface area contributed by atoms with E-state index in [1.165, 1.54) is 25.7 Å². The van der Waals surface area contributed by atoms with Crippen LogP contribution in [-0.2, 0) is 11.3 Å². The number of nitrogens with zero attached hydrogens (tertiary/aromatic N) is 2. The second-order valence-corrected chi connectivity index (χ2v) is 5.14. The Balaban J connectivity index is 1.80. The molecule has 1 saturated carbocycles. The second kappa shape index (κ2) is 5.24. The molecule has 1 saturated heterocycles. The molecule has 1 aromatic rings. The van der Waals surface area contributed by atoms with Gasteiger partial charge in [0.15, 0.2) is 0 Å². The highest BCUT2D eigenvalue weighted by Crippen LogP contribution is 2.31. The third kappa shape index (κ3) is 2.22. The summed E-state index contributed by atoms with van der Waals surface area (Å²) in [5.41, 5.74) is 0.868. The molecule has 0 amide bonds. The molecule has 1 aliphatic carbocycles. The number of aliphatic hydroxyl groups is 1. The van der Waals surface area contributed by atoms with Crippen LogP contribution in [0.1, 0.15) is 31.2 Å². The molecule has 4 heteroatoms. The average molecular weight is 248 g/mol. The molecule has 4 nitrogen and oxygen atoms in total. The number of aromatic nitrogens is 1. The van der Waals surface area contributed by atoms with Crippen LogP contribution >= 0.6 is 0 Å². The first-order valence-corrected chi connectivity index (χ1v) is 6.82. The molecule has 2 atom stereocenters. The molecule has 2 heterocycles. The Bertz CT molecular complexity index is 391. The van der Waals surface area contributed by atoms with E-state index < -0.39 is 0 Å². The van der Waals surface area contributed by atoms with E-state index in [9.17, 15) is 0 Å². The number of rotatable bonds is 2. The van der Waals surface area contributed by atoms with Crippen molar-refractivity contribution in [1.29, 1.82) is 0 Å². The van der Waals surface area contributed by atoms with Gasteiger partial charge in [-0.25, -0.2) is 4.98 Å². The molecule has 0 aromatic carbocycles. The normalized spacial score (nSPS) is 27.9. The van der Waals surface area contributed by atoms with Crippen molar-refractivity contribution in [1.82, 2.24) is 4.98 Å². The first-order chi connectivity index (χ1) is 8.88. The van der Waals surface area contributed by atoms with Crippen LogP contribution < -0.4 is 4.90 Å². The topological polar surface area (TPSA) is 45.6 Å². The zero-order valence-corrected chi connectivity index (χ0v) is 10.6. The second-order valence-electron chi connectivity index (χ2n) is 5.14. The van der Waals surface area contributed by atoms with Gasteiger partial charge in [-0.05, 0) is 24.5 Å². The van der Waals surface area contributed by atoms with E-state index in [1.54, 1.807) is 6.20 Å². The molecule has 1 aromatic heterocycles. The molecule has 0 bridgehead atoms. The maximum Gasteiger partial charge on any atom is 0.128 e. The van der Waals surface area contributed by atoms with Crippen molar-refractivity contribution in [3.05, 3.63) is 23.9 Å². The van der Waals surface area contributed by atoms with Crippen molar-refractivity contribution in [2.45, 2.75) is 44.4 Å². The smallest absolute Gasteiger partial charge is 0.128 e. The molecule has 18 heavy (non-hydrogen) atoms. The zero-order chi connectivity index (χ0) is 12.4. The monoisotopic (exact) mass is 248 g/mol. The fraction of sp³-hybridized carbons (Fsp3) is 0.643. The van der Waals surface area contributed by atoms with Crippen LogP contribution in [0, 0.1) is 0 Å². The summed E-state index contributed by atoms with van der Waals surface area (Å²) in [4.78, 5) is 6.86. The van der Waals surface area contributed by atoms with Gasteiger partial charge in [0.2, 0.25) is 0 Å². The lowest BCUT2D eigenvalue weighted by Gasteiger charge is -2.44. The van der Waals surface area contributed by atoms with Crippen LogP contribution in [0.15, 0.2) is 18.3 Å². The molecular weight excluding hydrogens is 228 g/mol. The Morgan fingerprint density at radius 1 is 1.33 bits per heavy atom. The van der Waals surface area contributed by atoms with Gasteiger partial charge in [-0.2, -0.15) is 0 Å². The van der Waals surface area contributed by atoms with Crippen molar-refractivity contribution >= 4 is 5.82 Å². The lowest BCUT2D eigenvalue weighted by Crippen LogP contribution is -2.53. The standard InChI is InChI=1S/C14H20N2O2/c17-10-11-5-6-14(15-9-11)16-7-8-18-13-4-2-1-3-12(13)16/h5-6,9,12-13,17H,1-4,7-8,10H2. The molecule has 3 rings (SSSR count). The first kappa shape index (κ1) is 11.9. The quantitative estimate of drug-likeness (QED) is 0.865. The summed E-state index contributed by atoms with van der Waals surface area (Å²) in [6, 6.07) is 4.46. The van der Waals surface area contributed by atoms with Gasteiger partial charge in [0.05, 0.1) is 25.4 Å². The van der Waals surface area contributed by atoms with Crippen LogP contribution in [0.3, 0.4) is 0 Å². The fourth-order valence-electron chi connectivity index (χ4n) is 3.06. The van der Waals surface area contributed by atoms with Crippen molar-refractivity contribution in [2.75, 3.05) is 18.1 Å². The number of aliphatic hydroxyl groups excluding tert-OH is 1. The van der Waals surface area contributed by atoms with E-state index in [-0.39, 0.29) is 6.61 Å². The number of anilines is 1. The number of fused-ring (bicyclic) bond motifs is 1. The fourth-order valence-corrected chi connectivity index (χ4v) is 3.06. The van der Waals surface area contributed by atoms with Crippen LogP contribution in [0.25, 0.3) is 0 Å². The number of hydrogen-bond acceptors (Lipinski definition) is 4. The van der Waals surface area contributed by atoms with Gasteiger partial charge >= 0.3 is 0 Å². The Morgan fingerprint density at radius 2 is 2.22 bits per heavy atom. The van der Waals surface area contributed by atoms with E-state index >= 15 is 0 Å². The summed E-state index contributed by atoms with van der Waals surface area (Å²) < 4.78 is 5.87. The van der Waals surface area contributed by atoms with Gasteiger partial charge in [-0.1, -0.05) is 18.9 Å². The van der Waals surface area contributed by atoms with Gasteiger partial charge in [-0.15, -0.1) is 0 Å². The molecule has 0 radical (unpaired) electrons. The molecule has 1 aliphatic heterocycles. The zero-order valence-electron chi connectivity index (χ0n) is 10.6. The Kier molecular flexibility index (Phi) is 3.48. The minimum atomic E-state index is 0.0580. The maximum absolute atomic E-state index is 9.05. The Morgan fingerprint density at radius 3 is 3.00 bits per heavy atom. The van der Waals surface area contributed by atoms with E-state index in [1.807, 2.05) is 12.1 Å². The summed E-state index contributed by atoms with van der Waals surface area (Å²) in [7, 11) is 0. The number of morpholine rings is 1. The summed E-state index contributed by atoms with van der Waals surface area (Å²) in [5, 5.41) is 9.05. The molecule has 0 spiro atoms. The van der Waals surface area contributed by atoms with Crippen molar-refractivity contribution in [3.8, 4) is 0 Å². The molecular formula is C14H20N2O2. The average Bonchev–Trinajstić information content (AvgIpc) is 2.47. The van der Waals surface area contributed by atoms with E-state index in [0.717, 1.165) is 24.5 Å². The first-order valence-electron chi connectivity index (χ1n) is 6.82. The highest BCUT2D eigenvalue weighted by Gasteiger charge is 2.34. The summed E-state index contributed by atoms with van der Waals surface area (Å²) in [6.45, 7) is 1.78. The maximum atomic E-state index is 9.05. The van der Waals surface area contributed by atoms with Crippen LogP contribution in [-0.4, -0.2) is 35.4 Å². The van der Waals surface area contributed by atoms with E-state index in [0.29, 0.717) is 12.1 Å². The van der Waals surface area contributed by atoms with Crippen molar-refractivity contribution in [2.24, 2.45) is 0 Å². The molecule has 2 unspecified atom stereocenters. The third-order valence-corrected chi connectivity index (χ3v) is 4.02. The number of pyridine rings is 1. The minimum Gasteiger partial charge on any atom is -0.392 e. The lowest BCUT2D eigenvalue weighted by molar-refractivity contribution is -0.00899. The Labute approximate surface area is 108 Å². The SMILES string of the molecule is OCc1ccc(N2CCOC3CCCCC32)nc1. The van der Waals surface area contributed by atoms with Gasteiger partial charge in [0, 0.05) is 12.7 Å². The predicted octanol–water partition coefficient (Wildman–Crippen LogP) is 1.72. The lowest BCUT2D eigenvalue weighted by atomic mass is 9.90. The number of hydrogen-bond donors (Lipinski definition) is 1. The van der Waals surface area contributed by atoms with Crippen LogP contribution in [0.4, 0.5) is 5.82 Å². The van der Waals surface area contributed by atoms with Gasteiger partial charge in [-0.3, -0.25) is 0 Å². The van der Waals surface area contributed by atoms with Crippen molar-refractivity contribution in [3.63, 3.8) is 0 Å². The highest BCUT2D eigenvalue weighted by atomic mass is 16.5. The molecule has 98 valence electrons. The van der Waals surface area contributed by atoms with Gasteiger partial charge in [0.1, 0.15) is 5.82 Å². The largest absolute Gasteiger partial charge is 0.392 e. The van der Waals surface area contributed by atoms with Crippen LogP contribution in [0.2, 0.25) is 0 Å². The van der Waals surface area contributed by atoms with E-state index in [4.69, 9.17) is 9.84 Å². The Hall–Kier alpha value is -1.13. The van der Waals surface area contributed by atoms with Crippen molar-refractivity contribution < 1.29 is 9.84 Å². The van der Waals surface area contributed by atoms with Gasteiger partial charge in [0.25, 0.3) is 0 Å². The molecule has 2 aliphatic rings. The van der Waals surface area contributed by atoms with E-state index in [2.05, 4.69) is 9.88 Å². The third-order valence-electron chi connectivity index (χ3n) is 4.02. The summed E-state index contributed by atoms with van der Waals surface area (Å²) >= 11 is 0. The number of ether oxygens (including phenoxy) is 1. The highest BCUT2D eigenvalue weighted by molar-refractivity contribution is 5.41. The molecule has 2 fully saturated rings. The van der Waals surface area contributed by atoms with Crippen LogP contribution in [0.5, 0.6) is 0 Å². The summed E-state index contributed by atoms with van der Waals surface area (Å²) in [5.74, 6) is 1.02. The summed E-state index contributed by atoms with van der Waals surface area (Å²) in [6.07, 6.45) is 7.10. The molecule has 1 N–H and O–H groups in total.